The van der Waals surface area contributed by atoms with Gasteiger partial charge in [-0.3, -0.25) is 0 Å². The van der Waals surface area contributed by atoms with E-state index < -0.39 is 5.97 Å². The minimum atomic E-state index is -1.12. The number of carboxylic acid groups (broad SMARTS) is 1. The molecule has 5 heteroatoms. The van der Waals surface area contributed by atoms with Crippen LogP contribution < -0.4 is 0 Å². The molecule has 27 heavy (non-hydrogen) atoms. The monoisotopic (exact) mass is 361 g/mol. The van der Waals surface area contributed by atoms with Gasteiger partial charge in [0.05, 0.1) is 0 Å². The molecule has 2 aromatic carbocycles. The number of carbonyl (C=O) groups is 2. The lowest BCUT2D eigenvalue weighted by molar-refractivity contribution is -0.130. The molecule has 0 radical (unpaired) electrons. The van der Waals surface area contributed by atoms with Crippen molar-refractivity contribution < 1.29 is 19.4 Å². The van der Waals surface area contributed by atoms with Gasteiger partial charge in [-0.15, -0.1) is 0 Å². The molecule has 1 aliphatic carbocycles. The number of amides is 1. The van der Waals surface area contributed by atoms with E-state index in [-0.39, 0.29) is 17.9 Å². The highest BCUT2D eigenvalue weighted by molar-refractivity contribution is 5.86. The Bertz CT molecular complexity index is 905. The summed E-state index contributed by atoms with van der Waals surface area (Å²) in [6.45, 7) is 1.43. The number of carbonyl (C=O) groups excluding carboxylic acids is 1. The van der Waals surface area contributed by atoms with E-state index in [9.17, 15) is 9.59 Å². The molecule has 1 aliphatic heterocycles. The average molecular weight is 361 g/mol. The van der Waals surface area contributed by atoms with E-state index in [0.29, 0.717) is 26.1 Å². The standard InChI is InChI=1S/C22H19NO4/c24-21(25)11-5-6-15-12-23(13-15)22(26)27-14-20-18-9-3-1-7-16(18)17-8-2-4-10-19(17)20/h1-4,7-10,15,20H,6,12-14H2,(H,24,25). The number of carboxylic acids is 1. The first-order valence-corrected chi connectivity index (χ1v) is 8.95. The van der Waals surface area contributed by atoms with Gasteiger partial charge in [0, 0.05) is 37.3 Å². The van der Waals surface area contributed by atoms with Gasteiger partial charge in [0.15, 0.2) is 0 Å². The summed E-state index contributed by atoms with van der Waals surface area (Å²) < 4.78 is 5.59. The fourth-order valence-electron chi connectivity index (χ4n) is 3.80. The van der Waals surface area contributed by atoms with Gasteiger partial charge >= 0.3 is 12.1 Å². The van der Waals surface area contributed by atoms with Crippen molar-refractivity contribution in [1.82, 2.24) is 4.90 Å². The molecule has 1 N–H and O–H groups in total. The van der Waals surface area contributed by atoms with Gasteiger partial charge in [-0.1, -0.05) is 54.5 Å². The summed E-state index contributed by atoms with van der Waals surface area (Å²) in [5.41, 5.74) is 4.79. The number of aliphatic carboxylic acids is 1. The molecule has 0 spiro atoms. The molecule has 1 fully saturated rings. The van der Waals surface area contributed by atoms with E-state index in [2.05, 4.69) is 36.1 Å². The summed E-state index contributed by atoms with van der Waals surface area (Å²) in [5, 5.41) is 8.51. The van der Waals surface area contributed by atoms with E-state index in [0.717, 1.165) is 0 Å². The van der Waals surface area contributed by atoms with Crippen LogP contribution in [0.1, 0.15) is 23.5 Å². The molecule has 0 unspecified atom stereocenters. The van der Waals surface area contributed by atoms with Gasteiger partial charge in [-0.25, -0.2) is 9.59 Å². The van der Waals surface area contributed by atoms with Crippen LogP contribution in [-0.4, -0.2) is 41.8 Å². The molecular weight excluding hydrogens is 342 g/mol. The summed E-state index contributed by atoms with van der Waals surface area (Å²) in [4.78, 5) is 24.3. The topological polar surface area (TPSA) is 66.8 Å². The van der Waals surface area contributed by atoms with Crippen LogP contribution in [0.15, 0.2) is 48.5 Å². The molecule has 0 saturated carbocycles. The zero-order chi connectivity index (χ0) is 18.8. The van der Waals surface area contributed by atoms with Crippen LogP contribution in [0.5, 0.6) is 0 Å². The highest BCUT2D eigenvalue weighted by Gasteiger charge is 2.33. The van der Waals surface area contributed by atoms with Crippen molar-refractivity contribution in [3.63, 3.8) is 0 Å². The van der Waals surface area contributed by atoms with Crippen molar-refractivity contribution in [3.8, 4) is 23.0 Å². The minimum absolute atomic E-state index is 0.0554. The highest BCUT2D eigenvalue weighted by atomic mass is 16.6. The normalized spacial score (nSPS) is 15.2. The maximum atomic E-state index is 12.3. The van der Waals surface area contributed by atoms with E-state index in [1.165, 1.54) is 22.3 Å². The Kier molecular flexibility index (Phi) is 4.55. The van der Waals surface area contributed by atoms with Crippen LogP contribution >= 0.6 is 0 Å². The Morgan fingerprint density at radius 1 is 1.04 bits per heavy atom. The van der Waals surface area contributed by atoms with Gasteiger partial charge in [0.2, 0.25) is 0 Å². The number of benzene rings is 2. The largest absolute Gasteiger partial charge is 0.472 e. The van der Waals surface area contributed by atoms with Crippen LogP contribution in [0, 0.1) is 17.8 Å². The molecule has 2 aliphatic rings. The van der Waals surface area contributed by atoms with E-state index in [1.54, 1.807) is 4.90 Å². The molecule has 4 rings (SSSR count). The van der Waals surface area contributed by atoms with E-state index in [4.69, 9.17) is 9.84 Å². The Hall–Kier alpha value is -3.26. The number of nitrogens with zero attached hydrogens (tertiary/aromatic N) is 1. The lowest BCUT2D eigenvalue weighted by atomic mass is 9.97. The molecule has 136 valence electrons. The summed E-state index contributed by atoms with van der Waals surface area (Å²) in [5.74, 6) is 3.87. The highest BCUT2D eigenvalue weighted by Crippen LogP contribution is 2.44. The number of fused-ring (bicyclic) bond motifs is 3. The number of likely N-dealkylation sites (tertiary alicyclic amines) is 1. The Morgan fingerprint density at radius 3 is 2.22 bits per heavy atom. The van der Waals surface area contributed by atoms with E-state index in [1.807, 2.05) is 24.3 Å². The first kappa shape index (κ1) is 17.2. The van der Waals surface area contributed by atoms with E-state index >= 15 is 0 Å². The summed E-state index contributed by atoms with van der Waals surface area (Å²) in [6, 6.07) is 16.5. The quantitative estimate of drug-likeness (QED) is 0.852. The molecule has 5 nitrogen and oxygen atoms in total. The summed E-state index contributed by atoms with van der Waals surface area (Å²) in [6.07, 6.45) is 0.165. The third-order valence-corrected chi connectivity index (χ3v) is 5.14. The number of hydrogen-bond donors (Lipinski definition) is 1. The number of ether oxygens (including phenoxy) is 1. The molecule has 0 atom stereocenters. The Balaban J connectivity index is 1.35. The molecule has 0 aromatic heterocycles. The van der Waals surface area contributed by atoms with Crippen molar-refractivity contribution in [2.24, 2.45) is 5.92 Å². The fraction of sp³-hybridized carbons (Fsp3) is 0.273. The molecular formula is C22H19NO4. The van der Waals surface area contributed by atoms with Gasteiger partial charge in [0.1, 0.15) is 6.61 Å². The lowest BCUT2D eigenvalue weighted by Gasteiger charge is -2.37. The van der Waals surface area contributed by atoms with Crippen molar-refractivity contribution in [2.75, 3.05) is 19.7 Å². The zero-order valence-electron chi connectivity index (χ0n) is 14.7. The van der Waals surface area contributed by atoms with Crippen molar-refractivity contribution in [1.29, 1.82) is 0 Å². The number of hydrogen-bond acceptors (Lipinski definition) is 3. The third-order valence-electron chi connectivity index (χ3n) is 5.14. The second kappa shape index (κ2) is 7.16. The minimum Gasteiger partial charge on any atom is -0.472 e. The molecule has 1 amide bonds. The summed E-state index contributed by atoms with van der Waals surface area (Å²) >= 11 is 0. The van der Waals surface area contributed by atoms with Crippen LogP contribution in [0.4, 0.5) is 4.79 Å². The molecule has 1 saturated heterocycles. The average Bonchev–Trinajstić information content (AvgIpc) is 2.95. The first-order valence-electron chi connectivity index (χ1n) is 8.95. The smallest absolute Gasteiger partial charge is 0.409 e. The van der Waals surface area contributed by atoms with Gasteiger partial charge in [0.25, 0.3) is 0 Å². The van der Waals surface area contributed by atoms with Crippen LogP contribution in [-0.2, 0) is 9.53 Å². The number of rotatable bonds is 3. The Labute approximate surface area is 157 Å². The maximum Gasteiger partial charge on any atom is 0.409 e. The zero-order valence-corrected chi connectivity index (χ0v) is 14.7. The second-order valence-corrected chi connectivity index (χ2v) is 6.89. The maximum absolute atomic E-state index is 12.3. The summed E-state index contributed by atoms with van der Waals surface area (Å²) in [7, 11) is 0. The van der Waals surface area contributed by atoms with Crippen LogP contribution in [0.2, 0.25) is 0 Å². The van der Waals surface area contributed by atoms with Crippen molar-refractivity contribution in [2.45, 2.75) is 12.3 Å². The lowest BCUT2D eigenvalue weighted by Crippen LogP contribution is -2.50. The first-order chi connectivity index (χ1) is 13.1. The van der Waals surface area contributed by atoms with Crippen LogP contribution in [0.25, 0.3) is 11.1 Å². The molecule has 2 aromatic rings. The predicted molar refractivity (Wildman–Crippen MR) is 100 cm³/mol. The van der Waals surface area contributed by atoms with Gasteiger partial charge < -0.3 is 14.7 Å². The second-order valence-electron chi connectivity index (χ2n) is 6.89. The third kappa shape index (κ3) is 3.39. The fourth-order valence-corrected chi connectivity index (χ4v) is 3.80. The Morgan fingerprint density at radius 2 is 1.63 bits per heavy atom. The van der Waals surface area contributed by atoms with Gasteiger partial charge in [-0.05, 0) is 22.3 Å². The van der Waals surface area contributed by atoms with Crippen LogP contribution in [0.3, 0.4) is 0 Å². The predicted octanol–water partition coefficient (Wildman–Crippen LogP) is 3.35. The molecule has 1 heterocycles. The molecule has 0 bridgehead atoms. The van der Waals surface area contributed by atoms with Crippen molar-refractivity contribution >= 4 is 12.1 Å². The SMILES string of the molecule is O=C(O)C#CCC1CN(C(=O)OCC2c3ccccc3-c3ccccc32)C1. The van der Waals surface area contributed by atoms with Gasteiger partial charge in [-0.2, -0.15) is 0 Å². The van der Waals surface area contributed by atoms with Crippen molar-refractivity contribution in [3.05, 3.63) is 59.7 Å².